The van der Waals surface area contributed by atoms with Crippen LogP contribution in [0.2, 0.25) is 0 Å². The first-order valence-electron chi connectivity index (χ1n) is 8.22. The highest BCUT2D eigenvalue weighted by Gasteiger charge is 2.26. The van der Waals surface area contributed by atoms with Crippen molar-refractivity contribution in [1.29, 1.82) is 0 Å². The molecule has 0 aromatic heterocycles. The Balaban J connectivity index is 1.68. The first-order valence-corrected chi connectivity index (χ1v) is 8.22. The van der Waals surface area contributed by atoms with Crippen molar-refractivity contribution in [3.8, 4) is 0 Å². The van der Waals surface area contributed by atoms with E-state index < -0.39 is 0 Å². The molecule has 0 aromatic carbocycles. The molecule has 1 N–H and O–H groups in total. The quantitative estimate of drug-likeness (QED) is 0.698. The number of hydrogen-bond acceptors (Lipinski definition) is 2. The molecule has 2 rings (SSSR count). The summed E-state index contributed by atoms with van der Waals surface area (Å²) in [4.78, 5) is 0. The van der Waals surface area contributed by atoms with Crippen molar-refractivity contribution in [2.45, 2.75) is 70.8 Å². The van der Waals surface area contributed by atoms with Gasteiger partial charge in [0.15, 0.2) is 0 Å². The van der Waals surface area contributed by atoms with Crippen LogP contribution >= 0.6 is 0 Å². The lowest BCUT2D eigenvalue weighted by molar-refractivity contribution is 0.0898. The summed E-state index contributed by atoms with van der Waals surface area (Å²) in [6, 6.07) is 0. The van der Waals surface area contributed by atoms with Gasteiger partial charge in [-0.2, -0.15) is 0 Å². The third-order valence-corrected chi connectivity index (χ3v) is 4.78. The minimum atomic E-state index is 0.594. The average Bonchev–Trinajstić information content (AvgIpc) is 2.91. The molecule has 2 heteroatoms. The van der Waals surface area contributed by atoms with Gasteiger partial charge in [-0.1, -0.05) is 26.2 Å². The first kappa shape index (κ1) is 14.3. The lowest BCUT2D eigenvalue weighted by Crippen LogP contribution is -2.31. The summed E-state index contributed by atoms with van der Waals surface area (Å²) in [6.45, 7) is 5.71. The molecular weight excluding hydrogens is 222 g/mol. The molecule has 1 aliphatic carbocycles. The van der Waals surface area contributed by atoms with Crippen molar-refractivity contribution in [1.82, 2.24) is 5.32 Å². The Morgan fingerprint density at radius 1 is 1.00 bits per heavy atom. The molecule has 3 atom stereocenters. The van der Waals surface area contributed by atoms with Crippen LogP contribution in [0.15, 0.2) is 0 Å². The van der Waals surface area contributed by atoms with E-state index in [9.17, 15) is 0 Å². The van der Waals surface area contributed by atoms with Crippen molar-refractivity contribution >= 4 is 0 Å². The van der Waals surface area contributed by atoms with Crippen molar-refractivity contribution in [2.75, 3.05) is 19.7 Å². The van der Waals surface area contributed by atoms with E-state index in [1.165, 1.54) is 70.9 Å². The van der Waals surface area contributed by atoms with Gasteiger partial charge in [-0.25, -0.2) is 0 Å². The molecule has 0 amide bonds. The molecule has 1 heterocycles. The monoisotopic (exact) mass is 253 g/mol. The number of ether oxygens (including phenoxy) is 1. The topological polar surface area (TPSA) is 21.3 Å². The Labute approximate surface area is 113 Å². The minimum Gasteiger partial charge on any atom is -0.378 e. The van der Waals surface area contributed by atoms with Gasteiger partial charge in [-0.05, 0) is 63.5 Å². The molecule has 0 radical (unpaired) electrons. The molecule has 106 valence electrons. The van der Waals surface area contributed by atoms with Crippen LogP contribution < -0.4 is 5.32 Å². The van der Waals surface area contributed by atoms with E-state index in [0.717, 1.165) is 18.4 Å². The summed E-state index contributed by atoms with van der Waals surface area (Å²) in [6.07, 6.45) is 13.0. The van der Waals surface area contributed by atoms with Gasteiger partial charge >= 0.3 is 0 Å². The Kier molecular flexibility index (Phi) is 6.50. The zero-order chi connectivity index (χ0) is 12.6. The number of rotatable bonds is 7. The van der Waals surface area contributed by atoms with Crippen LogP contribution in [0.4, 0.5) is 0 Å². The Morgan fingerprint density at radius 2 is 1.83 bits per heavy atom. The molecule has 0 spiro atoms. The summed E-state index contributed by atoms with van der Waals surface area (Å²) >= 11 is 0. The van der Waals surface area contributed by atoms with Crippen LogP contribution in [0.1, 0.15) is 64.7 Å². The highest BCUT2D eigenvalue weighted by molar-refractivity contribution is 4.79. The number of nitrogens with one attached hydrogen (secondary N) is 1. The largest absolute Gasteiger partial charge is 0.378 e. The van der Waals surface area contributed by atoms with Crippen LogP contribution in [0.3, 0.4) is 0 Å². The van der Waals surface area contributed by atoms with Crippen LogP contribution in [0.5, 0.6) is 0 Å². The second-order valence-electron chi connectivity index (χ2n) is 6.22. The summed E-state index contributed by atoms with van der Waals surface area (Å²) in [5.41, 5.74) is 0. The third kappa shape index (κ3) is 4.55. The maximum absolute atomic E-state index is 5.76. The van der Waals surface area contributed by atoms with Crippen LogP contribution in [0.25, 0.3) is 0 Å². The highest BCUT2D eigenvalue weighted by Crippen LogP contribution is 2.34. The summed E-state index contributed by atoms with van der Waals surface area (Å²) in [7, 11) is 0. The second kappa shape index (κ2) is 8.16. The molecule has 0 aromatic rings. The van der Waals surface area contributed by atoms with Crippen LogP contribution in [-0.2, 0) is 4.74 Å². The molecule has 18 heavy (non-hydrogen) atoms. The van der Waals surface area contributed by atoms with Gasteiger partial charge in [-0.3, -0.25) is 0 Å². The van der Waals surface area contributed by atoms with Crippen molar-refractivity contribution in [3.63, 3.8) is 0 Å². The first-order chi connectivity index (χ1) is 8.90. The van der Waals surface area contributed by atoms with E-state index in [2.05, 4.69) is 12.2 Å². The second-order valence-corrected chi connectivity index (χ2v) is 6.22. The molecular formula is C16H31NO. The fraction of sp³-hybridized carbons (Fsp3) is 1.00. The Morgan fingerprint density at radius 3 is 2.56 bits per heavy atom. The predicted molar refractivity (Wildman–Crippen MR) is 76.8 cm³/mol. The van der Waals surface area contributed by atoms with Gasteiger partial charge in [-0.15, -0.1) is 0 Å². The lowest BCUT2D eigenvalue weighted by atomic mass is 9.76. The minimum absolute atomic E-state index is 0.594. The summed E-state index contributed by atoms with van der Waals surface area (Å²) < 4.78 is 5.76. The van der Waals surface area contributed by atoms with Crippen LogP contribution in [0, 0.1) is 11.8 Å². The molecule has 1 aliphatic heterocycles. The zero-order valence-corrected chi connectivity index (χ0v) is 12.1. The Hall–Kier alpha value is -0.0800. The van der Waals surface area contributed by atoms with Crippen molar-refractivity contribution < 1.29 is 4.74 Å². The predicted octanol–water partition coefficient (Wildman–Crippen LogP) is 3.75. The van der Waals surface area contributed by atoms with E-state index in [1.54, 1.807) is 0 Å². The third-order valence-electron chi connectivity index (χ3n) is 4.78. The lowest BCUT2D eigenvalue weighted by Gasteiger charge is -2.32. The van der Waals surface area contributed by atoms with E-state index in [1.807, 2.05) is 0 Å². The molecule has 2 fully saturated rings. The zero-order valence-electron chi connectivity index (χ0n) is 12.1. The molecule has 2 nitrogen and oxygen atoms in total. The fourth-order valence-corrected chi connectivity index (χ4v) is 3.67. The molecule has 2 aliphatic rings. The van der Waals surface area contributed by atoms with Gasteiger partial charge in [0.2, 0.25) is 0 Å². The molecule has 3 unspecified atom stereocenters. The average molecular weight is 253 g/mol. The highest BCUT2D eigenvalue weighted by atomic mass is 16.5. The van der Waals surface area contributed by atoms with Crippen molar-refractivity contribution in [3.05, 3.63) is 0 Å². The molecule has 1 saturated heterocycles. The maximum Gasteiger partial charge on any atom is 0.0576 e. The van der Waals surface area contributed by atoms with Crippen molar-refractivity contribution in [2.24, 2.45) is 11.8 Å². The standard InChI is InChI=1S/C16H31NO/c1-2-11-17-13-15-7-4-3-6-14(15)9-10-16-8-5-12-18-16/h14-17H,2-13H2,1H3. The normalized spacial score (nSPS) is 32.8. The van der Waals surface area contributed by atoms with Gasteiger partial charge in [0.25, 0.3) is 0 Å². The van der Waals surface area contributed by atoms with Crippen LogP contribution in [-0.4, -0.2) is 25.8 Å². The maximum atomic E-state index is 5.76. The summed E-state index contributed by atoms with van der Waals surface area (Å²) in [5.74, 6) is 1.90. The Bertz CT molecular complexity index is 213. The van der Waals surface area contributed by atoms with E-state index in [0.29, 0.717) is 6.10 Å². The summed E-state index contributed by atoms with van der Waals surface area (Å²) in [5, 5.41) is 3.63. The van der Waals surface area contributed by atoms with E-state index in [4.69, 9.17) is 4.74 Å². The SMILES string of the molecule is CCCNCC1CCCCC1CCC1CCCO1. The van der Waals surface area contributed by atoms with E-state index >= 15 is 0 Å². The van der Waals surface area contributed by atoms with Gasteiger partial charge in [0.1, 0.15) is 0 Å². The molecule has 0 bridgehead atoms. The number of hydrogen-bond donors (Lipinski definition) is 1. The van der Waals surface area contributed by atoms with Gasteiger partial charge in [0.05, 0.1) is 6.10 Å². The van der Waals surface area contributed by atoms with Gasteiger partial charge < -0.3 is 10.1 Å². The fourth-order valence-electron chi connectivity index (χ4n) is 3.67. The van der Waals surface area contributed by atoms with E-state index in [-0.39, 0.29) is 0 Å². The van der Waals surface area contributed by atoms with Gasteiger partial charge in [0, 0.05) is 6.61 Å². The smallest absolute Gasteiger partial charge is 0.0576 e. The molecule has 1 saturated carbocycles.